The lowest BCUT2D eigenvalue weighted by molar-refractivity contribution is -0.137. The molecule has 1 heterocycles. The van der Waals surface area contributed by atoms with Gasteiger partial charge in [0.05, 0.1) is 6.10 Å². The van der Waals surface area contributed by atoms with Crippen molar-refractivity contribution in [2.75, 3.05) is 26.2 Å². The minimum absolute atomic E-state index is 0.214. The molecule has 0 radical (unpaired) electrons. The average Bonchev–Trinajstić information content (AvgIpc) is 3.10. The zero-order valence-electron chi connectivity index (χ0n) is 12.0. The first-order valence-corrected chi connectivity index (χ1v) is 7.46. The topological polar surface area (TPSA) is 78.9 Å². The minimum atomic E-state index is -0.962. The summed E-state index contributed by atoms with van der Waals surface area (Å²) in [6, 6.07) is -0.263. The molecule has 2 fully saturated rings. The van der Waals surface area contributed by atoms with Crippen molar-refractivity contribution in [2.24, 2.45) is 11.8 Å². The fourth-order valence-corrected chi connectivity index (χ4v) is 2.70. The molecule has 0 aromatic heterocycles. The fourth-order valence-electron chi connectivity index (χ4n) is 2.70. The molecule has 2 N–H and O–H groups in total. The van der Waals surface area contributed by atoms with E-state index in [1.54, 1.807) is 0 Å². The number of carboxylic acids is 1. The average molecular weight is 284 g/mol. The number of nitrogens with one attached hydrogen (secondary N) is 1. The second-order valence-corrected chi connectivity index (χ2v) is 5.77. The van der Waals surface area contributed by atoms with Gasteiger partial charge >= 0.3 is 12.0 Å². The molecule has 1 aliphatic carbocycles. The van der Waals surface area contributed by atoms with Crippen LogP contribution in [-0.4, -0.2) is 54.4 Å². The highest BCUT2D eigenvalue weighted by molar-refractivity contribution is 5.80. The van der Waals surface area contributed by atoms with Crippen LogP contribution in [0.4, 0.5) is 4.79 Å². The molecule has 2 amide bonds. The zero-order chi connectivity index (χ0) is 14.5. The molecule has 0 spiro atoms. The molecule has 0 aromatic rings. The lowest BCUT2D eigenvalue weighted by atomic mass is 10.00. The van der Waals surface area contributed by atoms with Crippen molar-refractivity contribution in [3.63, 3.8) is 0 Å². The van der Waals surface area contributed by atoms with Crippen LogP contribution in [0.15, 0.2) is 0 Å². The number of amides is 2. The molecule has 0 bridgehead atoms. The number of carbonyl (C=O) groups is 2. The van der Waals surface area contributed by atoms with Crippen LogP contribution in [0.25, 0.3) is 0 Å². The van der Waals surface area contributed by atoms with E-state index in [9.17, 15) is 9.59 Å². The van der Waals surface area contributed by atoms with Gasteiger partial charge in [0, 0.05) is 25.6 Å². The third kappa shape index (κ3) is 4.37. The van der Waals surface area contributed by atoms with Gasteiger partial charge in [0.1, 0.15) is 6.54 Å². The number of rotatable bonds is 7. The molecule has 6 nitrogen and oxygen atoms in total. The molecule has 2 rings (SSSR count). The molecule has 2 aliphatic rings. The van der Waals surface area contributed by atoms with E-state index in [1.807, 2.05) is 0 Å². The van der Waals surface area contributed by atoms with Gasteiger partial charge < -0.3 is 20.1 Å². The Balaban J connectivity index is 1.79. The summed E-state index contributed by atoms with van der Waals surface area (Å²) in [4.78, 5) is 24.4. The monoisotopic (exact) mass is 284 g/mol. The summed E-state index contributed by atoms with van der Waals surface area (Å²) in [7, 11) is 0. The van der Waals surface area contributed by atoms with E-state index in [0.29, 0.717) is 24.9 Å². The highest BCUT2D eigenvalue weighted by Gasteiger charge is 2.30. The van der Waals surface area contributed by atoms with Gasteiger partial charge in [0.15, 0.2) is 0 Å². The Hall–Kier alpha value is -1.30. The van der Waals surface area contributed by atoms with Crippen molar-refractivity contribution in [1.29, 1.82) is 0 Å². The number of carboxylic acid groups (broad SMARTS) is 1. The Morgan fingerprint density at radius 3 is 2.70 bits per heavy atom. The molecule has 1 saturated heterocycles. The Bertz CT molecular complexity index is 357. The van der Waals surface area contributed by atoms with Gasteiger partial charge in [-0.3, -0.25) is 4.79 Å². The summed E-state index contributed by atoms with van der Waals surface area (Å²) in [6.45, 7) is 3.73. The second-order valence-electron chi connectivity index (χ2n) is 5.77. The van der Waals surface area contributed by atoms with Crippen LogP contribution in [0, 0.1) is 11.8 Å². The SMILES string of the molecule is CCC1OCCC1CNC(=O)N(CC(=O)O)CC1CC1. The highest BCUT2D eigenvalue weighted by Crippen LogP contribution is 2.29. The number of nitrogens with zero attached hydrogens (tertiary/aromatic N) is 1. The molecular weight excluding hydrogens is 260 g/mol. The fraction of sp³-hybridized carbons (Fsp3) is 0.857. The van der Waals surface area contributed by atoms with Crippen LogP contribution in [0.5, 0.6) is 0 Å². The van der Waals surface area contributed by atoms with Crippen molar-refractivity contribution in [2.45, 2.75) is 38.7 Å². The highest BCUT2D eigenvalue weighted by atomic mass is 16.5. The molecule has 6 heteroatoms. The molecule has 1 saturated carbocycles. The lowest BCUT2D eigenvalue weighted by Gasteiger charge is -2.23. The Labute approximate surface area is 119 Å². The quantitative estimate of drug-likeness (QED) is 0.739. The summed E-state index contributed by atoms with van der Waals surface area (Å²) in [5, 5.41) is 11.8. The number of hydrogen-bond donors (Lipinski definition) is 2. The van der Waals surface area contributed by atoms with Crippen LogP contribution >= 0.6 is 0 Å². The summed E-state index contributed by atoms with van der Waals surface area (Å²) in [6.07, 6.45) is 4.31. The van der Waals surface area contributed by atoms with E-state index >= 15 is 0 Å². The first-order chi connectivity index (χ1) is 9.60. The maximum absolute atomic E-state index is 12.1. The van der Waals surface area contributed by atoms with E-state index in [1.165, 1.54) is 4.90 Å². The minimum Gasteiger partial charge on any atom is -0.480 e. The van der Waals surface area contributed by atoms with Gasteiger partial charge in [-0.2, -0.15) is 0 Å². The van der Waals surface area contributed by atoms with Crippen LogP contribution in [0.3, 0.4) is 0 Å². The van der Waals surface area contributed by atoms with Gasteiger partial charge in [0.2, 0.25) is 0 Å². The van der Waals surface area contributed by atoms with E-state index < -0.39 is 5.97 Å². The maximum Gasteiger partial charge on any atom is 0.323 e. The maximum atomic E-state index is 12.1. The Kier molecular flexibility index (Phi) is 5.23. The first kappa shape index (κ1) is 15.1. The predicted octanol–water partition coefficient (Wildman–Crippen LogP) is 1.31. The van der Waals surface area contributed by atoms with Crippen molar-refractivity contribution >= 4 is 12.0 Å². The van der Waals surface area contributed by atoms with Crippen molar-refractivity contribution < 1.29 is 19.4 Å². The number of urea groups is 1. The largest absolute Gasteiger partial charge is 0.480 e. The van der Waals surface area contributed by atoms with Crippen LogP contribution in [0.1, 0.15) is 32.6 Å². The number of hydrogen-bond acceptors (Lipinski definition) is 3. The van der Waals surface area contributed by atoms with Gasteiger partial charge in [-0.1, -0.05) is 6.92 Å². The lowest BCUT2D eigenvalue weighted by Crippen LogP contribution is -2.45. The Morgan fingerprint density at radius 1 is 1.35 bits per heavy atom. The number of aliphatic carboxylic acids is 1. The number of carbonyl (C=O) groups excluding carboxylic acids is 1. The number of ether oxygens (including phenoxy) is 1. The standard InChI is InChI=1S/C14H24N2O4/c1-2-12-11(5-6-20-12)7-15-14(19)16(9-13(17)18)8-10-3-4-10/h10-12H,2-9H2,1H3,(H,15,19)(H,17,18). The van der Waals surface area contributed by atoms with Gasteiger partial charge in [-0.05, 0) is 31.6 Å². The molecule has 1 aliphatic heterocycles. The zero-order valence-corrected chi connectivity index (χ0v) is 12.0. The molecule has 20 heavy (non-hydrogen) atoms. The van der Waals surface area contributed by atoms with E-state index in [-0.39, 0.29) is 18.7 Å². The third-order valence-electron chi connectivity index (χ3n) is 4.05. The Morgan fingerprint density at radius 2 is 2.10 bits per heavy atom. The summed E-state index contributed by atoms with van der Waals surface area (Å²) < 4.78 is 5.59. The van der Waals surface area contributed by atoms with Crippen molar-refractivity contribution in [3.8, 4) is 0 Å². The molecular formula is C14H24N2O4. The second kappa shape index (κ2) is 6.92. The van der Waals surface area contributed by atoms with Gasteiger partial charge in [-0.15, -0.1) is 0 Å². The van der Waals surface area contributed by atoms with Crippen LogP contribution in [-0.2, 0) is 9.53 Å². The molecule has 0 aromatic carbocycles. The smallest absolute Gasteiger partial charge is 0.323 e. The van der Waals surface area contributed by atoms with Gasteiger partial charge in [-0.25, -0.2) is 4.79 Å². The van der Waals surface area contributed by atoms with Crippen molar-refractivity contribution in [3.05, 3.63) is 0 Å². The molecule has 114 valence electrons. The normalized spacial score (nSPS) is 25.4. The summed E-state index contributed by atoms with van der Waals surface area (Å²) in [5.41, 5.74) is 0. The summed E-state index contributed by atoms with van der Waals surface area (Å²) >= 11 is 0. The van der Waals surface area contributed by atoms with Crippen LogP contribution < -0.4 is 5.32 Å². The third-order valence-corrected chi connectivity index (χ3v) is 4.05. The van der Waals surface area contributed by atoms with Crippen LogP contribution in [0.2, 0.25) is 0 Å². The van der Waals surface area contributed by atoms with E-state index in [0.717, 1.165) is 32.3 Å². The van der Waals surface area contributed by atoms with Gasteiger partial charge in [0.25, 0.3) is 0 Å². The first-order valence-electron chi connectivity index (χ1n) is 7.46. The van der Waals surface area contributed by atoms with E-state index in [4.69, 9.17) is 9.84 Å². The predicted molar refractivity (Wildman–Crippen MR) is 73.5 cm³/mol. The molecule has 2 unspecified atom stereocenters. The molecule has 2 atom stereocenters. The van der Waals surface area contributed by atoms with Crippen molar-refractivity contribution in [1.82, 2.24) is 10.2 Å². The van der Waals surface area contributed by atoms with E-state index in [2.05, 4.69) is 12.2 Å². The summed E-state index contributed by atoms with van der Waals surface area (Å²) in [5.74, 6) is -0.133.